The van der Waals surface area contributed by atoms with Gasteiger partial charge in [0, 0.05) is 23.5 Å². The molecule has 1 aromatic rings. The van der Waals surface area contributed by atoms with Gasteiger partial charge in [0.15, 0.2) is 4.80 Å². The van der Waals surface area contributed by atoms with E-state index in [2.05, 4.69) is 22.3 Å². The summed E-state index contributed by atoms with van der Waals surface area (Å²) in [5.41, 5.74) is 1.15. The van der Waals surface area contributed by atoms with Crippen molar-refractivity contribution in [2.75, 3.05) is 0 Å². The second-order valence-electron chi connectivity index (χ2n) is 10.2. The third-order valence-corrected chi connectivity index (χ3v) is 9.07. The maximum atomic E-state index is 13.2. The van der Waals surface area contributed by atoms with Gasteiger partial charge < -0.3 is 9.88 Å². The molecule has 0 saturated heterocycles. The van der Waals surface area contributed by atoms with Crippen molar-refractivity contribution < 1.29 is 4.79 Å². The number of aromatic nitrogens is 1. The molecule has 0 aromatic carbocycles. The van der Waals surface area contributed by atoms with Crippen LogP contribution in [-0.4, -0.2) is 16.5 Å². The van der Waals surface area contributed by atoms with Crippen LogP contribution in [-0.2, 0) is 18.4 Å². The number of nitrogens with one attached hydrogen (secondary N) is 1. The van der Waals surface area contributed by atoms with E-state index in [1.807, 2.05) is 0 Å². The first-order valence-corrected chi connectivity index (χ1v) is 12.4. The summed E-state index contributed by atoms with van der Waals surface area (Å²) in [7, 11) is 2.11. The first kappa shape index (κ1) is 18.9. The molecule has 0 aliphatic heterocycles. The van der Waals surface area contributed by atoms with Gasteiger partial charge in [0.05, 0.1) is 12.6 Å². The van der Waals surface area contributed by atoms with E-state index in [0.717, 1.165) is 41.8 Å². The number of carbonyl (C=O) groups excluding carboxylic acids is 1. The van der Waals surface area contributed by atoms with Crippen molar-refractivity contribution in [2.24, 2.45) is 35.2 Å². The van der Waals surface area contributed by atoms with Crippen molar-refractivity contribution in [3.63, 3.8) is 0 Å². The molecule has 0 radical (unpaired) electrons. The number of hydrogen-bond donors (Lipinski definition) is 1. The van der Waals surface area contributed by atoms with Crippen molar-refractivity contribution in [1.82, 2.24) is 9.88 Å². The number of carbonyl (C=O) groups is 1. The Morgan fingerprint density at radius 3 is 2.32 bits per heavy atom. The van der Waals surface area contributed by atoms with E-state index >= 15 is 0 Å². The zero-order chi connectivity index (χ0) is 19.1. The van der Waals surface area contributed by atoms with Gasteiger partial charge in [-0.15, -0.1) is 11.3 Å². The fourth-order valence-corrected chi connectivity index (χ4v) is 7.94. The molecule has 5 aliphatic carbocycles. The molecule has 0 unspecified atom stereocenters. The Labute approximate surface area is 172 Å². The van der Waals surface area contributed by atoms with Gasteiger partial charge in [0.1, 0.15) is 0 Å². The van der Waals surface area contributed by atoms with Crippen LogP contribution < -0.4 is 10.1 Å². The monoisotopic (exact) mass is 401 g/mol. The Hall–Kier alpha value is -1.10. The highest BCUT2D eigenvalue weighted by Gasteiger charge is 2.54. The summed E-state index contributed by atoms with van der Waals surface area (Å²) in [6.45, 7) is 0.647. The van der Waals surface area contributed by atoms with Crippen molar-refractivity contribution >= 4 is 17.2 Å². The Bertz CT molecular complexity index is 749. The van der Waals surface area contributed by atoms with Crippen LogP contribution >= 0.6 is 11.3 Å². The minimum atomic E-state index is -0.0447. The van der Waals surface area contributed by atoms with Crippen molar-refractivity contribution in [3.05, 3.63) is 15.9 Å². The smallest absolute Gasteiger partial charge is 0.226 e. The van der Waals surface area contributed by atoms with Crippen LogP contribution in [0.4, 0.5) is 0 Å². The van der Waals surface area contributed by atoms with Gasteiger partial charge in [-0.25, -0.2) is 0 Å². The van der Waals surface area contributed by atoms with Crippen molar-refractivity contribution in [1.29, 1.82) is 0 Å². The molecule has 5 heteroatoms. The summed E-state index contributed by atoms with van der Waals surface area (Å²) < 4.78 is 2.20. The molecule has 0 spiro atoms. The number of hydrogen-bond acceptors (Lipinski definition) is 3. The summed E-state index contributed by atoms with van der Waals surface area (Å²) in [5, 5.41) is 5.52. The lowest BCUT2D eigenvalue weighted by molar-refractivity contribution is -0.146. The first-order chi connectivity index (χ1) is 13.6. The van der Waals surface area contributed by atoms with Crippen LogP contribution in [0.2, 0.25) is 0 Å². The Kier molecular flexibility index (Phi) is 5.14. The van der Waals surface area contributed by atoms with E-state index in [4.69, 9.17) is 4.99 Å². The third-order valence-electron chi connectivity index (χ3n) is 8.09. The average molecular weight is 402 g/mol. The molecule has 6 rings (SSSR count). The first-order valence-electron chi connectivity index (χ1n) is 11.6. The summed E-state index contributed by atoms with van der Waals surface area (Å²) in [4.78, 5) is 19.4. The molecule has 154 valence electrons. The second-order valence-corrected chi connectivity index (χ2v) is 11.1. The predicted octanol–water partition coefficient (Wildman–Crippen LogP) is 4.54. The Morgan fingerprint density at radius 2 is 1.71 bits per heavy atom. The topological polar surface area (TPSA) is 46.4 Å². The number of rotatable bonds is 4. The van der Waals surface area contributed by atoms with Crippen LogP contribution in [0.1, 0.15) is 82.7 Å². The maximum absolute atomic E-state index is 13.2. The number of amides is 1. The zero-order valence-electron chi connectivity index (χ0n) is 17.3. The van der Waals surface area contributed by atoms with E-state index in [1.54, 1.807) is 11.3 Å². The second kappa shape index (κ2) is 7.62. The number of thiazole rings is 1. The van der Waals surface area contributed by atoms with E-state index < -0.39 is 0 Å². The largest absolute Gasteiger partial charge is 0.350 e. The highest BCUT2D eigenvalue weighted by molar-refractivity contribution is 7.07. The highest BCUT2D eigenvalue weighted by Crippen LogP contribution is 2.60. The molecular formula is C23H35N3OS. The Morgan fingerprint density at radius 1 is 1.11 bits per heavy atom. The van der Waals surface area contributed by atoms with Crippen LogP contribution in [0, 0.1) is 23.2 Å². The lowest BCUT2D eigenvalue weighted by Gasteiger charge is -2.55. The lowest BCUT2D eigenvalue weighted by atomic mass is 9.49. The maximum Gasteiger partial charge on any atom is 0.226 e. The Balaban J connectivity index is 1.25. The molecular weight excluding hydrogens is 366 g/mol. The molecule has 1 heterocycles. The van der Waals surface area contributed by atoms with Gasteiger partial charge in [0.2, 0.25) is 5.91 Å². The van der Waals surface area contributed by atoms with E-state index in [9.17, 15) is 4.79 Å². The fraction of sp³-hybridized carbons (Fsp3) is 0.826. The molecule has 1 aromatic heterocycles. The van der Waals surface area contributed by atoms with Crippen LogP contribution in [0.3, 0.4) is 0 Å². The van der Waals surface area contributed by atoms with Gasteiger partial charge in [-0.3, -0.25) is 9.79 Å². The molecule has 0 atom stereocenters. The lowest BCUT2D eigenvalue weighted by Crippen LogP contribution is -2.53. The predicted molar refractivity (Wildman–Crippen MR) is 113 cm³/mol. The van der Waals surface area contributed by atoms with Crippen LogP contribution in [0.15, 0.2) is 10.4 Å². The average Bonchev–Trinajstić information content (AvgIpc) is 2.85. The summed E-state index contributed by atoms with van der Waals surface area (Å²) >= 11 is 1.73. The van der Waals surface area contributed by atoms with Crippen LogP contribution in [0.25, 0.3) is 0 Å². The fourth-order valence-electron chi connectivity index (χ4n) is 6.97. The summed E-state index contributed by atoms with van der Waals surface area (Å²) in [6, 6.07) is 0.488. The molecule has 28 heavy (non-hydrogen) atoms. The molecule has 4 nitrogen and oxygen atoms in total. The summed E-state index contributed by atoms with van der Waals surface area (Å²) in [5.74, 6) is 2.79. The van der Waals surface area contributed by atoms with E-state index in [1.165, 1.54) is 63.5 Å². The van der Waals surface area contributed by atoms with E-state index in [-0.39, 0.29) is 5.41 Å². The molecule has 5 fully saturated rings. The molecule has 1 amide bonds. The standard InChI is InChI=1S/C23H35N3OS/c1-26-20(15-28-22(26)25-19-6-4-2-3-5-7-19)14-24-21(27)23-11-16-8-17(12-23)10-18(9-16)13-23/h15-19H,2-14H2,1H3,(H,24,27). The molecule has 5 aliphatic rings. The molecule has 5 saturated carbocycles. The van der Waals surface area contributed by atoms with Crippen LogP contribution in [0.5, 0.6) is 0 Å². The van der Waals surface area contributed by atoms with Crippen molar-refractivity contribution in [2.45, 2.75) is 89.6 Å². The van der Waals surface area contributed by atoms with Gasteiger partial charge in [-0.05, 0) is 69.1 Å². The minimum Gasteiger partial charge on any atom is -0.350 e. The third kappa shape index (κ3) is 3.59. The SMILES string of the molecule is Cn1c(CNC(=O)C23CC4CC(CC(C4)C2)C3)csc1=NC1CCCCCC1. The van der Waals surface area contributed by atoms with Gasteiger partial charge in [-0.2, -0.15) is 0 Å². The van der Waals surface area contributed by atoms with Gasteiger partial charge >= 0.3 is 0 Å². The van der Waals surface area contributed by atoms with Gasteiger partial charge in [0.25, 0.3) is 0 Å². The van der Waals surface area contributed by atoms with Gasteiger partial charge in [-0.1, -0.05) is 25.7 Å². The van der Waals surface area contributed by atoms with Crippen molar-refractivity contribution in [3.8, 4) is 0 Å². The zero-order valence-corrected chi connectivity index (χ0v) is 18.1. The van der Waals surface area contributed by atoms with E-state index in [0.29, 0.717) is 18.5 Å². The quantitative estimate of drug-likeness (QED) is 0.740. The molecule has 1 N–H and O–H groups in total. The molecule has 4 bridgehead atoms. The summed E-state index contributed by atoms with van der Waals surface area (Å²) in [6.07, 6.45) is 15.4. The minimum absolute atomic E-state index is 0.0447. The normalized spacial score (nSPS) is 35.9. The highest BCUT2D eigenvalue weighted by atomic mass is 32.1. The number of nitrogens with zero attached hydrogens (tertiary/aromatic N) is 2.